The van der Waals surface area contributed by atoms with Crippen LogP contribution in [-0.2, 0) is 9.59 Å². The SMILES string of the molecule is Cc1cccc(N2C(=O)C(=Cc3cccn3-c3ccc(Cl)cc3)C(=O)NC2=S)c1. The summed E-state index contributed by atoms with van der Waals surface area (Å²) in [6.45, 7) is 1.93. The number of hydrogen-bond acceptors (Lipinski definition) is 3. The van der Waals surface area contributed by atoms with Crippen molar-refractivity contribution in [3.8, 4) is 5.69 Å². The molecule has 0 radical (unpaired) electrons. The first-order chi connectivity index (χ1) is 13.9. The number of anilines is 1. The van der Waals surface area contributed by atoms with Crippen molar-refractivity contribution in [2.45, 2.75) is 6.92 Å². The standard InChI is InChI=1S/C22H16ClN3O2S/c1-14-4-2-5-18(12-14)26-21(28)19(20(27)24-22(26)29)13-17-6-3-11-25(17)16-9-7-15(23)8-10-16/h2-13H,1H3,(H,24,27,29). The topological polar surface area (TPSA) is 54.3 Å². The van der Waals surface area contributed by atoms with E-state index >= 15 is 0 Å². The smallest absolute Gasteiger partial charge is 0.270 e. The Bertz CT molecular complexity index is 1160. The van der Waals surface area contributed by atoms with Crippen molar-refractivity contribution in [1.82, 2.24) is 9.88 Å². The van der Waals surface area contributed by atoms with Crippen molar-refractivity contribution in [3.05, 3.63) is 88.7 Å². The minimum Gasteiger partial charge on any atom is -0.317 e. The molecule has 1 aliphatic heterocycles. The van der Waals surface area contributed by atoms with E-state index in [1.54, 1.807) is 24.3 Å². The lowest BCUT2D eigenvalue weighted by Gasteiger charge is -2.29. The molecule has 4 rings (SSSR count). The van der Waals surface area contributed by atoms with Crippen LogP contribution in [0.15, 0.2) is 72.4 Å². The number of benzene rings is 2. The van der Waals surface area contributed by atoms with Crippen LogP contribution in [0.5, 0.6) is 0 Å². The number of hydrogen-bond donors (Lipinski definition) is 1. The fourth-order valence-corrected chi connectivity index (χ4v) is 3.56. The zero-order valence-electron chi connectivity index (χ0n) is 15.4. The average molecular weight is 422 g/mol. The summed E-state index contributed by atoms with van der Waals surface area (Å²) >= 11 is 11.2. The minimum absolute atomic E-state index is 0.00835. The molecular formula is C22H16ClN3O2S. The maximum Gasteiger partial charge on any atom is 0.270 e. The lowest BCUT2D eigenvalue weighted by molar-refractivity contribution is -0.122. The van der Waals surface area contributed by atoms with Crippen molar-refractivity contribution in [3.63, 3.8) is 0 Å². The second-order valence-electron chi connectivity index (χ2n) is 6.58. The molecule has 0 unspecified atom stereocenters. The van der Waals surface area contributed by atoms with Crippen molar-refractivity contribution < 1.29 is 9.59 Å². The Morgan fingerprint density at radius 2 is 1.76 bits per heavy atom. The van der Waals surface area contributed by atoms with Crippen LogP contribution >= 0.6 is 23.8 Å². The second kappa shape index (κ2) is 7.66. The molecule has 0 bridgehead atoms. The van der Waals surface area contributed by atoms with Crippen LogP contribution in [0.25, 0.3) is 11.8 Å². The third-order valence-electron chi connectivity index (χ3n) is 4.54. The van der Waals surface area contributed by atoms with Crippen LogP contribution < -0.4 is 10.2 Å². The molecule has 2 amide bonds. The number of aryl methyl sites for hydroxylation is 1. The molecule has 29 heavy (non-hydrogen) atoms. The molecule has 144 valence electrons. The Hall–Kier alpha value is -3.22. The number of carbonyl (C=O) groups is 2. The van der Waals surface area contributed by atoms with Gasteiger partial charge in [-0.15, -0.1) is 0 Å². The predicted molar refractivity (Wildman–Crippen MR) is 118 cm³/mol. The third kappa shape index (κ3) is 3.72. The van der Waals surface area contributed by atoms with E-state index in [0.717, 1.165) is 11.3 Å². The molecule has 7 heteroatoms. The molecule has 1 aliphatic rings. The van der Waals surface area contributed by atoms with E-state index in [9.17, 15) is 9.59 Å². The number of carbonyl (C=O) groups excluding carboxylic acids is 2. The second-order valence-corrected chi connectivity index (χ2v) is 7.40. The zero-order chi connectivity index (χ0) is 20.5. The molecule has 5 nitrogen and oxygen atoms in total. The predicted octanol–water partition coefficient (Wildman–Crippen LogP) is 4.27. The molecule has 2 heterocycles. The molecule has 0 aliphatic carbocycles. The van der Waals surface area contributed by atoms with Crippen LogP contribution in [0.3, 0.4) is 0 Å². The largest absolute Gasteiger partial charge is 0.317 e. The molecular weight excluding hydrogens is 406 g/mol. The van der Waals surface area contributed by atoms with Gasteiger partial charge in [-0.3, -0.25) is 19.8 Å². The van der Waals surface area contributed by atoms with Gasteiger partial charge in [0.2, 0.25) is 0 Å². The van der Waals surface area contributed by atoms with Gasteiger partial charge < -0.3 is 4.57 Å². The van der Waals surface area contributed by atoms with E-state index < -0.39 is 11.8 Å². The summed E-state index contributed by atoms with van der Waals surface area (Å²) in [4.78, 5) is 27.0. The first-order valence-electron chi connectivity index (χ1n) is 8.85. The van der Waals surface area contributed by atoms with Crippen molar-refractivity contribution in [2.75, 3.05) is 4.90 Å². The monoisotopic (exact) mass is 421 g/mol. The summed E-state index contributed by atoms with van der Waals surface area (Å²) in [5, 5.41) is 3.30. The van der Waals surface area contributed by atoms with Gasteiger partial charge in [0.05, 0.1) is 5.69 Å². The molecule has 0 atom stereocenters. The normalized spacial score (nSPS) is 15.7. The highest BCUT2D eigenvalue weighted by molar-refractivity contribution is 7.80. The Morgan fingerprint density at radius 1 is 1.00 bits per heavy atom. The first-order valence-corrected chi connectivity index (χ1v) is 9.64. The summed E-state index contributed by atoms with van der Waals surface area (Å²) < 4.78 is 1.87. The molecule has 0 saturated carbocycles. The molecule has 0 spiro atoms. The number of nitrogens with one attached hydrogen (secondary N) is 1. The van der Waals surface area contributed by atoms with Crippen molar-refractivity contribution in [1.29, 1.82) is 0 Å². The first kappa shape index (κ1) is 19.1. The number of aromatic nitrogens is 1. The molecule has 1 aromatic heterocycles. The van der Waals surface area contributed by atoms with Gasteiger partial charge >= 0.3 is 0 Å². The maximum atomic E-state index is 13.2. The van der Waals surface area contributed by atoms with Crippen LogP contribution in [0.4, 0.5) is 5.69 Å². The van der Waals surface area contributed by atoms with E-state index in [1.165, 1.54) is 4.90 Å². The van der Waals surface area contributed by atoms with E-state index in [0.29, 0.717) is 16.4 Å². The van der Waals surface area contributed by atoms with Gasteiger partial charge in [-0.05, 0) is 79.3 Å². The Balaban J connectivity index is 1.75. The highest BCUT2D eigenvalue weighted by Gasteiger charge is 2.34. The molecule has 1 N–H and O–H groups in total. The highest BCUT2D eigenvalue weighted by atomic mass is 35.5. The van der Waals surface area contributed by atoms with Crippen LogP contribution in [0, 0.1) is 6.92 Å². The lowest BCUT2D eigenvalue weighted by atomic mass is 10.1. The van der Waals surface area contributed by atoms with E-state index in [1.807, 2.05) is 60.2 Å². The van der Waals surface area contributed by atoms with Gasteiger partial charge in [0.15, 0.2) is 5.11 Å². The van der Waals surface area contributed by atoms with E-state index in [4.69, 9.17) is 23.8 Å². The maximum absolute atomic E-state index is 13.2. The Labute approximate surface area is 178 Å². The summed E-state index contributed by atoms with van der Waals surface area (Å²) in [7, 11) is 0. The highest BCUT2D eigenvalue weighted by Crippen LogP contribution is 2.24. The number of thiocarbonyl (C=S) groups is 1. The minimum atomic E-state index is -0.521. The lowest BCUT2D eigenvalue weighted by Crippen LogP contribution is -2.54. The van der Waals surface area contributed by atoms with E-state index in [2.05, 4.69) is 5.32 Å². The number of rotatable bonds is 3. The quantitative estimate of drug-likeness (QED) is 0.390. The molecule has 2 aromatic carbocycles. The molecule has 1 fully saturated rings. The van der Waals surface area contributed by atoms with Gasteiger partial charge in [-0.25, -0.2) is 0 Å². The number of amides is 2. The van der Waals surface area contributed by atoms with Gasteiger partial charge in [-0.2, -0.15) is 0 Å². The van der Waals surface area contributed by atoms with Crippen molar-refractivity contribution in [2.24, 2.45) is 0 Å². The van der Waals surface area contributed by atoms with Crippen LogP contribution in [0.2, 0.25) is 5.02 Å². The van der Waals surface area contributed by atoms with Gasteiger partial charge in [-0.1, -0.05) is 23.7 Å². The Morgan fingerprint density at radius 3 is 2.48 bits per heavy atom. The van der Waals surface area contributed by atoms with Gasteiger partial charge in [0.25, 0.3) is 11.8 Å². The fraction of sp³-hybridized carbons (Fsp3) is 0.0455. The summed E-state index contributed by atoms with van der Waals surface area (Å²) in [6, 6.07) is 18.3. The molecule has 3 aromatic rings. The van der Waals surface area contributed by atoms with Gasteiger partial charge in [0.1, 0.15) is 5.57 Å². The third-order valence-corrected chi connectivity index (χ3v) is 5.08. The number of halogens is 1. The fourth-order valence-electron chi connectivity index (χ4n) is 3.16. The summed E-state index contributed by atoms with van der Waals surface area (Å²) in [6.07, 6.45) is 3.42. The average Bonchev–Trinajstić information content (AvgIpc) is 3.14. The molecule has 1 saturated heterocycles. The Kier molecular flexibility index (Phi) is 5.05. The van der Waals surface area contributed by atoms with E-state index in [-0.39, 0.29) is 10.7 Å². The summed E-state index contributed by atoms with van der Waals surface area (Å²) in [5.41, 5.74) is 3.15. The van der Waals surface area contributed by atoms with Crippen LogP contribution in [-0.4, -0.2) is 21.5 Å². The number of nitrogens with zero attached hydrogens (tertiary/aromatic N) is 2. The zero-order valence-corrected chi connectivity index (χ0v) is 17.0. The van der Waals surface area contributed by atoms with Crippen LogP contribution in [0.1, 0.15) is 11.3 Å². The van der Waals surface area contributed by atoms with Gasteiger partial charge in [0, 0.05) is 22.6 Å². The van der Waals surface area contributed by atoms with Crippen molar-refractivity contribution >= 4 is 52.5 Å². The summed E-state index contributed by atoms with van der Waals surface area (Å²) in [5.74, 6) is -0.985.